The molecule has 168 valence electrons. The third-order valence-corrected chi connectivity index (χ3v) is 6.27. The Morgan fingerprint density at radius 1 is 1.28 bits per heavy atom. The highest BCUT2D eigenvalue weighted by atomic mass is 19.1. The Morgan fingerprint density at radius 2 is 2.19 bits per heavy atom. The van der Waals surface area contributed by atoms with E-state index in [-0.39, 0.29) is 12.1 Å². The fourth-order valence-electron chi connectivity index (χ4n) is 4.51. The molecule has 0 spiro atoms. The maximum Gasteiger partial charge on any atom is 0.133 e. The zero-order valence-corrected chi connectivity index (χ0v) is 18.0. The molecule has 32 heavy (non-hydrogen) atoms. The number of hydrogen-bond acceptors (Lipinski definition) is 6. The fourth-order valence-corrected chi connectivity index (χ4v) is 4.51. The summed E-state index contributed by atoms with van der Waals surface area (Å²) in [5, 5.41) is 8.14. The molecule has 5 rings (SSSR count). The monoisotopic (exact) mass is 437 g/mol. The Hall–Kier alpha value is -2.97. The lowest BCUT2D eigenvalue weighted by atomic mass is 10.0. The van der Waals surface area contributed by atoms with Gasteiger partial charge in [0, 0.05) is 42.6 Å². The van der Waals surface area contributed by atoms with Gasteiger partial charge in [-0.3, -0.25) is 0 Å². The molecule has 0 saturated carbocycles. The number of pyridine rings is 1. The van der Waals surface area contributed by atoms with Crippen LogP contribution in [-0.4, -0.2) is 59.3 Å². The zero-order chi connectivity index (χ0) is 22.1. The van der Waals surface area contributed by atoms with E-state index in [1.165, 1.54) is 0 Å². The summed E-state index contributed by atoms with van der Waals surface area (Å²) in [4.78, 5) is 6.61. The maximum absolute atomic E-state index is 14.8. The average Bonchev–Trinajstić information content (AvgIpc) is 3.47. The van der Waals surface area contributed by atoms with Crippen LogP contribution in [0.15, 0.2) is 55.6 Å². The van der Waals surface area contributed by atoms with Gasteiger partial charge in [0.15, 0.2) is 0 Å². The molecule has 3 aliphatic heterocycles. The van der Waals surface area contributed by atoms with Crippen LogP contribution in [0, 0.1) is 0 Å². The molecule has 8 heteroatoms. The van der Waals surface area contributed by atoms with Crippen molar-refractivity contribution in [2.45, 2.75) is 37.7 Å². The molecule has 1 N–H and O–H groups in total. The van der Waals surface area contributed by atoms with Gasteiger partial charge >= 0.3 is 0 Å². The minimum absolute atomic E-state index is 0.123. The van der Waals surface area contributed by atoms with Crippen molar-refractivity contribution in [2.75, 3.05) is 31.2 Å². The number of rotatable bonds is 5. The minimum atomic E-state index is -0.938. The van der Waals surface area contributed by atoms with E-state index in [1.54, 1.807) is 17.0 Å². The van der Waals surface area contributed by atoms with Crippen molar-refractivity contribution < 1.29 is 13.9 Å². The summed E-state index contributed by atoms with van der Waals surface area (Å²) in [5.41, 5.74) is 3.49. The van der Waals surface area contributed by atoms with E-state index in [2.05, 4.69) is 23.5 Å². The highest BCUT2D eigenvalue weighted by molar-refractivity contribution is 5.78. The van der Waals surface area contributed by atoms with Crippen molar-refractivity contribution in [3.8, 4) is 5.69 Å². The zero-order valence-electron chi connectivity index (χ0n) is 18.0. The molecule has 3 atom stereocenters. The molecular formula is C24H28FN5O2. The van der Waals surface area contributed by atoms with Gasteiger partial charge in [0.05, 0.1) is 25.0 Å². The average molecular weight is 438 g/mol. The standard InChI is InChI=1S/C24H28FN5O2/c1-3-4-20-16(2)32-14-17-12-30(28-24(17)20)19-5-6-23(26-11-19)29-9-7-22(21(25)13-29)27-18-8-10-31-15-18/h3-6,11-12,18,21-22,27H,1-2,7-10,13-15H2/b20-4+/t18-,21-,22+/m1/s1. The highest BCUT2D eigenvalue weighted by Gasteiger charge is 2.32. The number of allylic oxidation sites excluding steroid dienone is 3. The van der Waals surface area contributed by atoms with Crippen LogP contribution in [-0.2, 0) is 16.1 Å². The predicted molar refractivity (Wildman–Crippen MR) is 121 cm³/mol. The van der Waals surface area contributed by atoms with E-state index in [1.807, 2.05) is 29.3 Å². The number of hydrogen-bond donors (Lipinski definition) is 1. The summed E-state index contributed by atoms with van der Waals surface area (Å²) >= 11 is 0. The molecule has 0 amide bonds. The Kier molecular flexibility index (Phi) is 5.80. The summed E-state index contributed by atoms with van der Waals surface area (Å²) in [7, 11) is 0. The summed E-state index contributed by atoms with van der Waals surface area (Å²) in [6, 6.07) is 4.03. The van der Waals surface area contributed by atoms with E-state index in [4.69, 9.17) is 14.6 Å². The second-order valence-corrected chi connectivity index (χ2v) is 8.43. The van der Waals surface area contributed by atoms with E-state index < -0.39 is 6.17 Å². The number of ether oxygens (including phenoxy) is 2. The number of alkyl halides is 1. The number of aromatic nitrogens is 3. The van der Waals surface area contributed by atoms with Crippen LogP contribution in [0.5, 0.6) is 0 Å². The molecule has 2 aromatic rings. The second-order valence-electron chi connectivity index (χ2n) is 8.43. The van der Waals surface area contributed by atoms with Gasteiger partial charge in [-0.05, 0) is 31.1 Å². The number of nitrogens with one attached hydrogen (secondary N) is 1. The Morgan fingerprint density at radius 3 is 2.91 bits per heavy atom. The lowest BCUT2D eigenvalue weighted by Crippen LogP contribution is -2.53. The van der Waals surface area contributed by atoms with Gasteiger partial charge in [-0.1, -0.05) is 19.2 Å². The molecule has 7 nitrogen and oxygen atoms in total. The molecule has 0 unspecified atom stereocenters. The number of halogens is 1. The minimum Gasteiger partial charge on any atom is -0.489 e. The third-order valence-electron chi connectivity index (χ3n) is 6.27. The van der Waals surface area contributed by atoms with Crippen LogP contribution < -0.4 is 10.2 Å². The molecule has 0 aliphatic carbocycles. The van der Waals surface area contributed by atoms with Crippen LogP contribution in [0.2, 0.25) is 0 Å². The molecular weight excluding hydrogens is 409 g/mol. The highest BCUT2D eigenvalue weighted by Crippen LogP contribution is 2.32. The summed E-state index contributed by atoms with van der Waals surface area (Å²) in [6.45, 7) is 10.7. The van der Waals surface area contributed by atoms with Crippen LogP contribution in [0.3, 0.4) is 0 Å². The lowest BCUT2D eigenvalue weighted by Gasteiger charge is -2.36. The number of anilines is 1. The number of piperidine rings is 1. The van der Waals surface area contributed by atoms with Crippen molar-refractivity contribution in [2.24, 2.45) is 0 Å². The van der Waals surface area contributed by atoms with Gasteiger partial charge in [-0.25, -0.2) is 14.1 Å². The smallest absolute Gasteiger partial charge is 0.133 e. The summed E-state index contributed by atoms with van der Waals surface area (Å²) in [6.07, 6.45) is 8.03. The molecule has 0 aromatic carbocycles. The van der Waals surface area contributed by atoms with Crippen molar-refractivity contribution in [3.63, 3.8) is 0 Å². The number of nitrogens with zero attached hydrogens (tertiary/aromatic N) is 4. The predicted octanol–water partition coefficient (Wildman–Crippen LogP) is 3.18. The first-order chi connectivity index (χ1) is 15.6. The molecule has 2 aromatic heterocycles. The molecule has 0 bridgehead atoms. The normalized spacial score (nSPS) is 26.8. The second kappa shape index (κ2) is 8.88. The van der Waals surface area contributed by atoms with Crippen molar-refractivity contribution in [1.29, 1.82) is 0 Å². The van der Waals surface area contributed by atoms with Crippen molar-refractivity contribution in [3.05, 3.63) is 66.9 Å². The summed E-state index contributed by atoms with van der Waals surface area (Å²) in [5.74, 6) is 1.37. The topological polar surface area (TPSA) is 64.4 Å². The fraction of sp³-hybridized carbons (Fsp3) is 0.417. The molecule has 3 aliphatic rings. The lowest BCUT2D eigenvalue weighted by molar-refractivity contribution is 0.172. The first-order valence-electron chi connectivity index (χ1n) is 11.1. The molecule has 5 heterocycles. The quantitative estimate of drug-likeness (QED) is 0.775. The van der Waals surface area contributed by atoms with E-state index in [0.717, 1.165) is 54.3 Å². The van der Waals surface area contributed by atoms with Crippen LogP contribution in [0.1, 0.15) is 24.1 Å². The Balaban J connectivity index is 1.27. The van der Waals surface area contributed by atoms with Crippen LogP contribution in [0.25, 0.3) is 11.3 Å². The van der Waals surface area contributed by atoms with E-state index in [9.17, 15) is 4.39 Å². The van der Waals surface area contributed by atoms with E-state index >= 15 is 0 Å². The first-order valence-corrected chi connectivity index (χ1v) is 11.1. The Bertz CT molecular complexity index is 1030. The van der Waals surface area contributed by atoms with Gasteiger partial charge in [-0.2, -0.15) is 5.10 Å². The first kappa shape index (κ1) is 20.9. The Labute approximate surface area is 187 Å². The molecule has 2 fully saturated rings. The molecule has 0 radical (unpaired) electrons. The van der Waals surface area contributed by atoms with Gasteiger partial charge in [0.1, 0.15) is 30.0 Å². The number of fused-ring (bicyclic) bond motifs is 1. The van der Waals surface area contributed by atoms with Crippen LogP contribution >= 0.6 is 0 Å². The van der Waals surface area contributed by atoms with E-state index in [0.29, 0.717) is 25.5 Å². The van der Waals surface area contributed by atoms with Crippen molar-refractivity contribution in [1.82, 2.24) is 20.1 Å². The maximum atomic E-state index is 14.8. The third kappa shape index (κ3) is 4.08. The van der Waals surface area contributed by atoms with Crippen molar-refractivity contribution >= 4 is 11.4 Å². The van der Waals surface area contributed by atoms with Gasteiger partial charge in [-0.15, -0.1) is 0 Å². The van der Waals surface area contributed by atoms with Crippen LogP contribution in [0.4, 0.5) is 10.2 Å². The molecule has 2 saturated heterocycles. The van der Waals surface area contributed by atoms with Gasteiger partial charge < -0.3 is 19.7 Å². The van der Waals surface area contributed by atoms with Gasteiger partial charge in [0.2, 0.25) is 0 Å². The largest absolute Gasteiger partial charge is 0.489 e. The van der Waals surface area contributed by atoms with Gasteiger partial charge in [0.25, 0.3) is 0 Å². The SMILES string of the molecule is C=C/C=C1\C(=C)OCc2cn(-c3ccc(N4CC[C@H](N[C@@H]5CCOC5)[C@H](F)C4)nc3)nc21. The summed E-state index contributed by atoms with van der Waals surface area (Å²) < 4.78 is 27.6.